The Hall–Kier alpha value is -2.80. The van der Waals surface area contributed by atoms with Crippen LogP contribution >= 0.6 is 23.4 Å². The van der Waals surface area contributed by atoms with Crippen molar-refractivity contribution >= 4 is 40.9 Å². The zero-order valence-corrected chi connectivity index (χ0v) is 19.4. The summed E-state index contributed by atoms with van der Waals surface area (Å²) in [5.74, 6) is -0.545. The highest BCUT2D eigenvalue weighted by Gasteiger charge is 2.28. The van der Waals surface area contributed by atoms with Crippen LogP contribution in [0.1, 0.15) is 39.1 Å². The first-order chi connectivity index (χ1) is 16.1. The number of nitrogens with zero attached hydrogens (tertiary/aromatic N) is 1. The zero-order valence-electron chi connectivity index (χ0n) is 17.8. The van der Waals surface area contributed by atoms with Crippen LogP contribution in [0.2, 0.25) is 5.02 Å². The minimum absolute atomic E-state index is 0.0410. The highest BCUT2D eigenvalue weighted by atomic mass is 35.5. The van der Waals surface area contributed by atoms with Crippen molar-refractivity contribution in [2.75, 3.05) is 18.1 Å². The number of halogens is 1. The van der Waals surface area contributed by atoms with E-state index in [2.05, 4.69) is 0 Å². The number of anilines is 1. The number of benzene rings is 3. The van der Waals surface area contributed by atoms with Crippen LogP contribution in [0.3, 0.4) is 0 Å². The molecule has 1 atom stereocenters. The topological polar surface area (TPSA) is 55.8 Å². The van der Waals surface area contributed by atoms with E-state index in [9.17, 15) is 9.59 Å². The van der Waals surface area contributed by atoms with E-state index in [0.29, 0.717) is 35.0 Å². The molecule has 0 unspecified atom stereocenters. The molecule has 2 heterocycles. The van der Waals surface area contributed by atoms with Crippen LogP contribution in [-0.4, -0.2) is 31.2 Å². The van der Waals surface area contributed by atoms with Gasteiger partial charge in [0.1, 0.15) is 6.61 Å². The third-order valence-corrected chi connectivity index (χ3v) is 7.10. The second-order valence-corrected chi connectivity index (χ2v) is 9.56. The van der Waals surface area contributed by atoms with Crippen LogP contribution in [0.25, 0.3) is 0 Å². The third kappa shape index (κ3) is 4.78. The fourth-order valence-corrected chi connectivity index (χ4v) is 5.32. The fraction of sp³-hybridized carbons (Fsp3) is 0.231. The van der Waals surface area contributed by atoms with E-state index in [1.54, 1.807) is 23.1 Å². The molecule has 0 aliphatic carbocycles. The minimum Gasteiger partial charge on any atom is -0.459 e. The van der Waals surface area contributed by atoms with Crippen LogP contribution in [-0.2, 0) is 16.0 Å². The van der Waals surface area contributed by atoms with Gasteiger partial charge in [0.15, 0.2) is 0 Å². The Morgan fingerprint density at radius 1 is 1.09 bits per heavy atom. The second-order valence-electron chi connectivity index (χ2n) is 8.04. The van der Waals surface area contributed by atoms with E-state index in [1.165, 1.54) is 11.8 Å². The summed E-state index contributed by atoms with van der Waals surface area (Å²) < 4.78 is 11.0. The molecule has 1 fully saturated rings. The van der Waals surface area contributed by atoms with Crippen LogP contribution in [0, 0.1) is 0 Å². The summed E-state index contributed by atoms with van der Waals surface area (Å²) in [6.45, 7) is 1.27. The first-order valence-corrected chi connectivity index (χ1v) is 12.0. The highest BCUT2D eigenvalue weighted by Crippen LogP contribution is 2.42. The first kappa shape index (κ1) is 22.0. The van der Waals surface area contributed by atoms with E-state index in [4.69, 9.17) is 21.1 Å². The predicted molar refractivity (Wildman–Crippen MR) is 128 cm³/mol. The van der Waals surface area contributed by atoms with Gasteiger partial charge in [-0.05, 0) is 60.9 Å². The molecular weight excluding hydrogens is 458 g/mol. The minimum atomic E-state index is -0.421. The van der Waals surface area contributed by atoms with Crippen LogP contribution < -0.4 is 4.90 Å². The molecule has 0 N–H and O–H groups in total. The number of esters is 1. The Balaban J connectivity index is 1.49. The molecule has 0 spiro atoms. The standard InChI is InChI=1S/C26H22ClNO4S/c27-19-6-3-5-17(13-19)15-28-22-14-18(26(30)32-16-20-7-4-12-31-20)10-11-24(22)33-23-9-2-1-8-21(23)25(28)29/h1-3,5-6,8-11,13-14,20H,4,7,12,15-16H2/t20-/m0/s1. The van der Waals surface area contributed by atoms with Crippen LogP contribution in [0.15, 0.2) is 76.5 Å². The smallest absolute Gasteiger partial charge is 0.338 e. The molecule has 168 valence electrons. The van der Waals surface area contributed by atoms with Crippen LogP contribution in [0.4, 0.5) is 5.69 Å². The van der Waals surface area contributed by atoms with Gasteiger partial charge in [-0.2, -0.15) is 0 Å². The molecular formula is C26H22ClNO4S. The summed E-state index contributed by atoms with van der Waals surface area (Å²) in [7, 11) is 0. The Bertz CT molecular complexity index is 1210. The lowest BCUT2D eigenvalue weighted by atomic mass is 10.1. The predicted octanol–water partition coefficient (Wildman–Crippen LogP) is 5.99. The SMILES string of the molecule is O=C(OC[C@@H]1CCCO1)c1ccc2c(c1)N(Cc1cccc(Cl)c1)C(=O)c1ccccc1S2. The van der Waals surface area contributed by atoms with Gasteiger partial charge in [-0.25, -0.2) is 4.79 Å². The van der Waals surface area contributed by atoms with Crippen molar-refractivity contribution in [1.29, 1.82) is 0 Å². The number of carbonyl (C=O) groups excluding carboxylic acids is 2. The lowest BCUT2D eigenvalue weighted by molar-refractivity contribution is 0.0161. The molecule has 2 aliphatic rings. The molecule has 0 aromatic heterocycles. The summed E-state index contributed by atoms with van der Waals surface area (Å²) >= 11 is 7.71. The Kier molecular flexibility index (Phi) is 6.40. The van der Waals surface area contributed by atoms with Gasteiger partial charge in [0.2, 0.25) is 0 Å². The van der Waals surface area contributed by atoms with Crippen molar-refractivity contribution in [3.05, 3.63) is 88.4 Å². The molecule has 3 aromatic carbocycles. The average Bonchev–Trinajstić information content (AvgIpc) is 3.31. The number of carbonyl (C=O) groups is 2. The van der Waals surface area contributed by atoms with E-state index >= 15 is 0 Å². The van der Waals surface area contributed by atoms with Gasteiger partial charge in [0, 0.05) is 21.4 Å². The summed E-state index contributed by atoms with van der Waals surface area (Å²) in [6.07, 6.45) is 1.84. The normalized spacial score (nSPS) is 17.3. The fourth-order valence-electron chi connectivity index (χ4n) is 4.05. The first-order valence-electron chi connectivity index (χ1n) is 10.8. The molecule has 5 rings (SSSR count). The number of hydrogen-bond donors (Lipinski definition) is 0. The number of fused-ring (bicyclic) bond motifs is 2. The summed E-state index contributed by atoms with van der Waals surface area (Å²) in [4.78, 5) is 29.9. The average molecular weight is 480 g/mol. The maximum Gasteiger partial charge on any atom is 0.338 e. The monoisotopic (exact) mass is 479 g/mol. The van der Waals surface area contributed by atoms with Gasteiger partial charge < -0.3 is 14.4 Å². The van der Waals surface area contributed by atoms with Gasteiger partial charge in [-0.15, -0.1) is 0 Å². The lowest BCUT2D eigenvalue weighted by Crippen LogP contribution is -2.30. The van der Waals surface area contributed by atoms with Crippen molar-refractivity contribution in [3.63, 3.8) is 0 Å². The molecule has 5 nitrogen and oxygen atoms in total. The molecule has 0 saturated carbocycles. The molecule has 1 saturated heterocycles. The molecule has 2 aliphatic heterocycles. The summed E-state index contributed by atoms with van der Waals surface area (Å²) in [6, 6.07) is 20.4. The summed E-state index contributed by atoms with van der Waals surface area (Å²) in [5.41, 5.74) is 2.61. The van der Waals surface area contributed by atoms with Crippen molar-refractivity contribution in [3.8, 4) is 0 Å². The number of ether oxygens (including phenoxy) is 2. The molecule has 3 aromatic rings. The third-order valence-electron chi connectivity index (χ3n) is 5.72. The van der Waals surface area contributed by atoms with Gasteiger partial charge in [-0.3, -0.25) is 4.79 Å². The molecule has 7 heteroatoms. The van der Waals surface area contributed by atoms with Gasteiger partial charge >= 0.3 is 5.97 Å². The number of amides is 1. The second kappa shape index (κ2) is 9.59. The number of rotatable bonds is 5. The quantitative estimate of drug-likeness (QED) is 0.421. The van der Waals surface area contributed by atoms with E-state index in [0.717, 1.165) is 28.2 Å². The Morgan fingerprint density at radius 2 is 1.97 bits per heavy atom. The van der Waals surface area contributed by atoms with E-state index in [-0.39, 0.29) is 18.6 Å². The van der Waals surface area contributed by atoms with Crippen molar-refractivity contribution in [1.82, 2.24) is 0 Å². The van der Waals surface area contributed by atoms with Crippen molar-refractivity contribution in [2.24, 2.45) is 0 Å². The van der Waals surface area contributed by atoms with E-state index in [1.807, 2.05) is 48.5 Å². The van der Waals surface area contributed by atoms with Gasteiger partial charge in [0.25, 0.3) is 5.91 Å². The molecule has 0 radical (unpaired) electrons. The van der Waals surface area contributed by atoms with Crippen LogP contribution in [0.5, 0.6) is 0 Å². The van der Waals surface area contributed by atoms with Crippen molar-refractivity contribution in [2.45, 2.75) is 35.3 Å². The maximum absolute atomic E-state index is 13.6. The zero-order chi connectivity index (χ0) is 22.8. The largest absolute Gasteiger partial charge is 0.459 e. The Labute approximate surface area is 201 Å². The molecule has 1 amide bonds. The highest BCUT2D eigenvalue weighted by molar-refractivity contribution is 7.99. The Morgan fingerprint density at radius 3 is 2.79 bits per heavy atom. The van der Waals surface area contributed by atoms with Gasteiger partial charge in [-0.1, -0.05) is 47.6 Å². The molecule has 33 heavy (non-hydrogen) atoms. The maximum atomic E-state index is 13.6. The van der Waals surface area contributed by atoms with Crippen molar-refractivity contribution < 1.29 is 19.1 Å². The molecule has 0 bridgehead atoms. The van der Waals surface area contributed by atoms with Gasteiger partial charge in [0.05, 0.1) is 29.5 Å². The lowest BCUT2D eigenvalue weighted by Gasteiger charge is -2.24. The summed E-state index contributed by atoms with van der Waals surface area (Å²) in [5, 5.41) is 0.608. The van der Waals surface area contributed by atoms with E-state index < -0.39 is 5.97 Å². The number of hydrogen-bond acceptors (Lipinski definition) is 5.